The number of hydrogen-bond acceptors (Lipinski definition) is 3. The van der Waals surface area contributed by atoms with Crippen molar-refractivity contribution in [2.45, 2.75) is 45.7 Å². The Hall–Kier alpha value is -3.41. The molecule has 1 aromatic heterocycles. The second-order valence-corrected chi connectivity index (χ2v) is 8.70. The van der Waals surface area contributed by atoms with Gasteiger partial charge in [-0.15, -0.1) is 0 Å². The number of carbonyl (C=O) groups excluding carboxylic acids is 2. The first-order valence-electron chi connectivity index (χ1n) is 11.8. The zero-order valence-electron chi connectivity index (χ0n) is 19.2. The number of carbonyl (C=O) groups is 2. The van der Waals surface area contributed by atoms with E-state index in [9.17, 15) is 9.59 Å². The second-order valence-electron chi connectivity index (χ2n) is 8.70. The molecule has 2 heterocycles. The lowest BCUT2D eigenvalue weighted by molar-refractivity contribution is -0.135. The van der Waals surface area contributed by atoms with Crippen LogP contribution in [0.2, 0.25) is 0 Å². The molecule has 1 aliphatic rings. The summed E-state index contributed by atoms with van der Waals surface area (Å²) in [5.41, 5.74) is 4.51. The van der Waals surface area contributed by atoms with Gasteiger partial charge in [0, 0.05) is 38.4 Å². The Morgan fingerprint density at radius 2 is 1.91 bits per heavy atom. The summed E-state index contributed by atoms with van der Waals surface area (Å²) in [6.45, 7) is 4.52. The third kappa shape index (κ3) is 5.89. The zero-order chi connectivity index (χ0) is 23.0. The van der Waals surface area contributed by atoms with E-state index in [0.717, 1.165) is 49.0 Å². The minimum atomic E-state index is -0.131. The molecule has 0 saturated carbocycles. The van der Waals surface area contributed by atoms with Crippen LogP contribution in [0, 0.1) is 5.92 Å². The van der Waals surface area contributed by atoms with Gasteiger partial charge < -0.3 is 10.2 Å². The molecule has 3 aromatic rings. The van der Waals surface area contributed by atoms with Crippen LogP contribution < -0.4 is 5.32 Å². The molecule has 1 atom stereocenters. The number of benzene rings is 2. The van der Waals surface area contributed by atoms with E-state index in [-0.39, 0.29) is 17.7 Å². The molecule has 0 spiro atoms. The first kappa shape index (κ1) is 22.8. The molecular weight excluding hydrogens is 412 g/mol. The average Bonchev–Trinajstić information content (AvgIpc) is 3.36. The number of piperidine rings is 1. The summed E-state index contributed by atoms with van der Waals surface area (Å²) in [6.07, 6.45) is 6.86. The van der Waals surface area contributed by atoms with Crippen LogP contribution >= 0.6 is 0 Å². The minimum Gasteiger partial charge on any atom is -0.352 e. The summed E-state index contributed by atoms with van der Waals surface area (Å²) in [5, 5.41) is 7.39. The molecule has 2 amide bonds. The Labute approximate surface area is 195 Å². The number of likely N-dealkylation sites (tertiary alicyclic amines) is 1. The second kappa shape index (κ2) is 10.9. The van der Waals surface area contributed by atoms with Crippen molar-refractivity contribution in [1.29, 1.82) is 0 Å². The maximum Gasteiger partial charge on any atom is 0.225 e. The van der Waals surface area contributed by atoms with Crippen LogP contribution in [-0.4, -0.2) is 39.6 Å². The van der Waals surface area contributed by atoms with E-state index < -0.39 is 0 Å². The molecule has 0 bridgehead atoms. The van der Waals surface area contributed by atoms with Crippen molar-refractivity contribution >= 4 is 11.8 Å². The van der Waals surface area contributed by atoms with Gasteiger partial charge in [-0.05, 0) is 47.6 Å². The van der Waals surface area contributed by atoms with Gasteiger partial charge in [0.2, 0.25) is 11.8 Å². The lowest BCUT2D eigenvalue weighted by Crippen LogP contribution is -2.45. The van der Waals surface area contributed by atoms with Crippen molar-refractivity contribution in [1.82, 2.24) is 20.0 Å². The summed E-state index contributed by atoms with van der Waals surface area (Å²) < 4.78 is 1.90. The predicted molar refractivity (Wildman–Crippen MR) is 129 cm³/mol. The summed E-state index contributed by atoms with van der Waals surface area (Å²) in [4.78, 5) is 27.0. The van der Waals surface area contributed by atoms with E-state index >= 15 is 0 Å². The van der Waals surface area contributed by atoms with E-state index in [0.29, 0.717) is 19.5 Å². The van der Waals surface area contributed by atoms with Crippen LogP contribution in [-0.2, 0) is 22.7 Å². The minimum absolute atomic E-state index is 0.0355. The van der Waals surface area contributed by atoms with Crippen LogP contribution in [0.15, 0.2) is 67.0 Å². The molecule has 33 heavy (non-hydrogen) atoms. The van der Waals surface area contributed by atoms with Crippen molar-refractivity contribution in [3.8, 4) is 11.1 Å². The summed E-state index contributed by atoms with van der Waals surface area (Å²) in [5.74, 6) is 0.0676. The number of nitrogens with one attached hydrogen (secondary N) is 1. The molecule has 1 fully saturated rings. The fraction of sp³-hybridized carbons (Fsp3) is 0.370. The highest BCUT2D eigenvalue weighted by atomic mass is 16.2. The quantitative estimate of drug-likeness (QED) is 0.565. The molecular formula is C27H32N4O2. The maximum atomic E-state index is 12.9. The van der Waals surface area contributed by atoms with Gasteiger partial charge in [-0.25, -0.2) is 0 Å². The topological polar surface area (TPSA) is 67.2 Å². The molecule has 1 N–H and O–H groups in total. The summed E-state index contributed by atoms with van der Waals surface area (Å²) >= 11 is 0. The van der Waals surface area contributed by atoms with Crippen LogP contribution in [0.3, 0.4) is 0 Å². The molecule has 1 unspecified atom stereocenters. The Morgan fingerprint density at radius 1 is 1.09 bits per heavy atom. The standard InChI is InChI=1S/C27H32N4O2/c1-2-7-26(32)30-16-5-9-24(20-30)27(33)28-18-23-8-3-4-10-25(23)22-13-11-21(12-14-22)19-31-17-6-15-29-31/h3-4,6,8,10-15,17,24H,2,5,7,9,16,18-20H2,1H3,(H,28,33). The lowest BCUT2D eigenvalue weighted by atomic mass is 9.96. The number of nitrogens with zero attached hydrogens (tertiary/aromatic N) is 3. The Kier molecular flexibility index (Phi) is 7.55. The van der Waals surface area contributed by atoms with Gasteiger partial charge in [0.15, 0.2) is 0 Å². The smallest absolute Gasteiger partial charge is 0.225 e. The van der Waals surface area contributed by atoms with Gasteiger partial charge >= 0.3 is 0 Å². The van der Waals surface area contributed by atoms with Gasteiger partial charge in [-0.2, -0.15) is 5.10 Å². The maximum absolute atomic E-state index is 12.9. The lowest BCUT2D eigenvalue weighted by Gasteiger charge is -2.32. The van der Waals surface area contributed by atoms with Crippen molar-refractivity contribution < 1.29 is 9.59 Å². The largest absolute Gasteiger partial charge is 0.352 e. The van der Waals surface area contributed by atoms with Crippen molar-refractivity contribution in [3.05, 3.63) is 78.1 Å². The highest BCUT2D eigenvalue weighted by Crippen LogP contribution is 2.25. The summed E-state index contributed by atoms with van der Waals surface area (Å²) in [7, 11) is 0. The van der Waals surface area contributed by atoms with Crippen molar-refractivity contribution in [2.24, 2.45) is 5.92 Å². The molecule has 1 saturated heterocycles. The first-order chi connectivity index (χ1) is 16.1. The zero-order valence-corrected chi connectivity index (χ0v) is 19.2. The first-order valence-corrected chi connectivity index (χ1v) is 11.8. The van der Waals surface area contributed by atoms with Crippen LogP contribution in [0.1, 0.15) is 43.7 Å². The van der Waals surface area contributed by atoms with Gasteiger partial charge in [0.25, 0.3) is 0 Å². The number of hydrogen-bond donors (Lipinski definition) is 1. The van der Waals surface area contributed by atoms with Crippen LogP contribution in [0.25, 0.3) is 11.1 Å². The van der Waals surface area contributed by atoms with Gasteiger partial charge in [0.1, 0.15) is 0 Å². The van der Waals surface area contributed by atoms with E-state index in [4.69, 9.17) is 0 Å². The monoisotopic (exact) mass is 444 g/mol. The predicted octanol–water partition coefficient (Wildman–Crippen LogP) is 4.25. The molecule has 4 rings (SSSR count). The molecule has 2 aromatic carbocycles. The average molecular weight is 445 g/mol. The van der Waals surface area contributed by atoms with E-state index in [1.165, 1.54) is 5.56 Å². The highest BCUT2D eigenvalue weighted by Gasteiger charge is 2.27. The van der Waals surface area contributed by atoms with Gasteiger partial charge in [0.05, 0.1) is 12.5 Å². The molecule has 172 valence electrons. The molecule has 0 radical (unpaired) electrons. The fourth-order valence-corrected chi connectivity index (χ4v) is 4.44. The number of amides is 2. The van der Waals surface area contributed by atoms with Crippen LogP contribution in [0.4, 0.5) is 0 Å². The van der Waals surface area contributed by atoms with E-state index in [1.54, 1.807) is 6.20 Å². The molecule has 6 heteroatoms. The normalized spacial score (nSPS) is 15.9. The Morgan fingerprint density at radius 3 is 2.67 bits per heavy atom. The summed E-state index contributed by atoms with van der Waals surface area (Å²) in [6, 6.07) is 18.6. The van der Waals surface area contributed by atoms with Gasteiger partial charge in [-0.1, -0.05) is 55.5 Å². The van der Waals surface area contributed by atoms with Crippen LogP contribution in [0.5, 0.6) is 0 Å². The molecule has 1 aliphatic heterocycles. The Bertz CT molecular complexity index is 1060. The van der Waals surface area contributed by atoms with Crippen molar-refractivity contribution in [2.75, 3.05) is 13.1 Å². The van der Waals surface area contributed by atoms with E-state index in [1.807, 2.05) is 40.9 Å². The van der Waals surface area contributed by atoms with Gasteiger partial charge in [-0.3, -0.25) is 14.3 Å². The molecule has 0 aliphatic carbocycles. The Balaban J connectivity index is 1.38. The SMILES string of the molecule is CCCC(=O)N1CCCC(C(=O)NCc2ccccc2-c2ccc(Cn3cccn3)cc2)C1. The fourth-order valence-electron chi connectivity index (χ4n) is 4.44. The third-order valence-electron chi connectivity index (χ3n) is 6.25. The molecule has 6 nitrogen and oxygen atoms in total. The number of aromatic nitrogens is 2. The third-order valence-corrected chi connectivity index (χ3v) is 6.25. The number of rotatable bonds is 8. The van der Waals surface area contributed by atoms with Crippen molar-refractivity contribution in [3.63, 3.8) is 0 Å². The highest BCUT2D eigenvalue weighted by molar-refractivity contribution is 5.81. The van der Waals surface area contributed by atoms with E-state index in [2.05, 4.69) is 46.8 Å².